The van der Waals surface area contributed by atoms with Crippen molar-refractivity contribution in [2.24, 2.45) is 0 Å². The third kappa shape index (κ3) is 3.96. The highest BCUT2D eigenvalue weighted by atomic mass is 79.9. The minimum absolute atomic E-state index is 0.303. The molecule has 2 rings (SSSR count). The summed E-state index contributed by atoms with van der Waals surface area (Å²) in [6.45, 7) is 2.16. The fourth-order valence-corrected chi connectivity index (χ4v) is 4.70. The molecule has 1 aliphatic heterocycles. The van der Waals surface area contributed by atoms with E-state index in [1.807, 2.05) is 4.72 Å². The lowest BCUT2D eigenvalue weighted by atomic mass is 10.4. The molecule has 10 heteroatoms. The number of nitrogens with one attached hydrogen (secondary N) is 1. The van der Waals surface area contributed by atoms with Crippen molar-refractivity contribution in [2.45, 2.75) is 12.7 Å². The van der Waals surface area contributed by atoms with Gasteiger partial charge in [-0.05, 0) is 22.9 Å². The van der Waals surface area contributed by atoms with Gasteiger partial charge in [-0.25, -0.2) is 18.1 Å². The lowest BCUT2D eigenvalue weighted by Crippen LogP contribution is -2.33. The summed E-state index contributed by atoms with van der Waals surface area (Å²) in [6, 6.07) is 0. The zero-order valence-corrected chi connectivity index (χ0v) is 14.4. The monoisotopic (exact) mass is 398 g/mol. The van der Waals surface area contributed by atoms with E-state index in [9.17, 15) is 13.2 Å². The fraction of sp³-hybridized carbons (Fsp3) is 0.400. The van der Waals surface area contributed by atoms with Crippen molar-refractivity contribution in [2.75, 3.05) is 12.4 Å². The zero-order valence-electron chi connectivity index (χ0n) is 10.4. The predicted molar refractivity (Wildman–Crippen MR) is 81.7 cm³/mol. The topological polar surface area (TPSA) is 85.4 Å². The summed E-state index contributed by atoms with van der Waals surface area (Å²) in [7, 11) is -3.79. The molecule has 0 saturated carbocycles. The Morgan fingerprint density at radius 3 is 2.95 bits per heavy atom. The van der Waals surface area contributed by atoms with Gasteiger partial charge in [-0.2, -0.15) is 0 Å². The molecule has 0 unspecified atom stereocenters. The van der Waals surface area contributed by atoms with E-state index in [0.29, 0.717) is 32.5 Å². The number of thioether (sulfide) groups is 1. The van der Waals surface area contributed by atoms with Gasteiger partial charge in [-0.3, -0.25) is 4.79 Å². The van der Waals surface area contributed by atoms with Crippen LogP contribution in [0.1, 0.15) is 12.6 Å². The van der Waals surface area contributed by atoms with Crippen LogP contribution in [-0.2, 0) is 25.3 Å². The lowest BCUT2D eigenvalue weighted by molar-refractivity contribution is -0.115. The Kier molecular flexibility index (Phi) is 5.10. The van der Waals surface area contributed by atoms with Crippen molar-refractivity contribution in [3.63, 3.8) is 0 Å². The quantitative estimate of drug-likeness (QED) is 0.832. The average Bonchev–Trinajstić information content (AvgIpc) is 2.74. The first-order chi connectivity index (χ1) is 9.39. The van der Waals surface area contributed by atoms with Crippen LogP contribution in [0, 0.1) is 0 Å². The highest BCUT2D eigenvalue weighted by Gasteiger charge is 2.24. The molecule has 2 heterocycles. The molecule has 1 amide bonds. The number of carbonyl (C=O) groups is 1. The van der Waals surface area contributed by atoms with Crippen LogP contribution in [0.4, 0.5) is 0 Å². The third-order valence-electron chi connectivity index (χ3n) is 2.34. The number of hydrogen-bond donors (Lipinski definition) is 1. The maximum absolute atomic E-state index is 12.0. The molecule has 1 aromatic rings. The second-order valence-electron chi connectivity index (χ2n) is 3.85. The summed E-state index contributed by atoms with van der Waals surface area (Å²) < 4.78 is 31.8. The fourth-order valence-electron chi connectivity index (χ4n) is 1.48. The van der Waals surface area contributed by atoms with Crippen LogP contribution in [0.5, 0.6) is 0 Å². The van der Waals surface area contributed by atoms with E-state index in [-0.39, 0.29) is 5.75 Å². The normalized spacial score (nSPS) is 15.9. The molecule has 110 valence electrons. The van der Waals surface area contributed by atoms with E-state index in [2.05, 4.69) is 20.9 Å². The van der Waals surface area contributed by atoms with Crippen molar-refractivity contribution in [3.8, 4) is 0 Å². The van der Waals surface area contributed by atoms with E-state index in [1.54, 1.807) is 6.92 Å². The molecule has 0 bridgehead atoms. The van der Waals surface area contributed by atoms with Crippen LogP contribution in [-0.4, -0.2) is 31.7 Å². The van der Waals surface area contributed by atoms with Gasteiger partial charge in [0.2, 0.25) is 10.0 Å². The first-order valence-electron chi connectivity index (χ1n) is 5.48. The summed E-state index contributed by atoms with van der Waals surface area (Å²) in [5.41, 5.74) is 1.92. The van der Waals surface area contributed by atoms with Gasteiger partial charge in [0.25, 0.3) is 5.91 Å². The van der Waals surface area contributed by atoms with Crippen molar-refractivity contribution >= 4 is 55.0 Å². The van der Waals surface area contributed by atoms with Crippen molar-refractivity contribution in [1.29, 1.82) is 0 Å². The second-order valence-corrected chi connectivity index (χ2v) is 8.85. The van der Waals surface area contributed by atoms with Gasteiger partial charge in [0.15, 0.2) is 0 Å². The van der Waals surface area contributed by atoms with Crippen molar-refractivity contribution in [3.05, 3.63) is 25.7 Å². The molecule has 0 aromatic carbocycles. The number of amides is 1. The largest absolute Gasteiger partial charge is 0.496 e. The molecule has 1 aliphatic rings. The molecular formula is C10H11BrN2O4S3. The van der Waals surface area contributed by atoms with Crippen LogP contribution in [0.3, 0.4) is 0 Å². The minimum Gasteiger partial charge on any atom is -0.496 e. The van der Waals surface area contributed by atoms with E-state index in [0.717, 1.165) is 0 Å². The number of aromatic nitrogens is 1. The van der Waals surface area contributed by atoms with Crippen LogP contribution in [0.2, 0.25) is 0 Å². The Bertz CT molecular complexity index is 653. The van der Waals surface area contributed by atoms with Crippen molar-refractivity contribution in [1.82, 2.24) is 9.71 Å². The Morgan fingerprint density at radius 2 is 2.35 bits per heavy atom. The Morgan fingerprint density at radius 1 is 1.60 bits per heavy atom. The van der Waals surface area contributed by atoms with E-state index in [4.69, 9.17) is 4.74 Å². The lowest BCUT2D eigenvalue weighted by Gasteiger charge is -2.17. The van der Waals surface area contributed by atoms with Crippen LogP contribution < -0.4 is 4.72 Å². The maximum atomic E-state index is 12.0. The van der Waals surface area contributed by atoms with Gasteiger partial charge in [0.1, 0.15) is 16.4 Å². The van der Waals surface area contributed by atoms with Gasteiger partial charge < -0.3 is 4.74 Å². The number of allylic oxidation sites excluding steroid dienone is 1. The van der Waals surface area contributed by atoms with E-state index >= 15 is 0 Å². The zero-order chi connectivity index (χ0) is 14.8. The summed E-state index contributed by atoms with van der Waals surface area (Å²) in [5.74, 6) is 0.0701. The maximum Gasteiger partial charge on any atom is 0.274 e. The SMILES string of the molecule is CC1=C(C(=O)NS(=O)(=O)Cc2ncsc2Br)SCCO1. The van der Waals surface area contributed by atoms with Crippen LogP contribution in [0.15, 0.2) is 20.0 Å². The van der Waals surface area contributed by atoms with Crippen LogP contribution >= 0.6 is 39.0 Å². The van der Waals surface area contributed by atoms with Gasteiger partial charge in [-0.1, -0.05) is 0 Å². The third-order valence-corrected chi connectivity index (χ3v) is 6.29. The van der Waals surface area contributed by atoms with Crippen LogP contribution in [0.25, 0.3) is 0 Å². The number of ether oxygens (including phenoxy) is 1. The van der Waals surface area contributed by atoms with Gasteiger partial charge in [0.05, 0.1) is 21.6 Å². The number of thiazole rings is 1. The summed E-state index contributed by atoms with van der Waals surface area (Å²) in [5, 5.41) is 0. The van der Waals surface area contributed by atoms with Crippen molar-refractivity contribution < 1.29 is 17.9 Å². The van der Waals surface area contributed by atoms with Gasteiger partial charge >= 0.3 is 0 Å². The summed E-state index contributed by atoms with van der Waals surface area (Å²) in [6.07, 6.45) is 0. The summed E-state index contributed by atoms with van der Waals surface area (Å²) >= 11 is 5.79. The highest BCUT2D eigenvalue weighted by Crippen LogP contribution is 2.26. The molecule has 1 N–H and O–H groups in total. The molecule has 6 nitrogen and oxygen atoms in total. The molecule has 0 atom stereocenters. The first-order valence-corrected chi connectivity index (χ1v) is 9.79. The smallest absolute Gasteiger partial charge is 0.274 e. The Labute approximate surface area is 133 Å². The van der Waals surface area contributed by atoms with E-state index < -0.39 is 15.9 Å². The Balaban J connectivity index is 2.09. The average molecular weight is 399 g/mol. The first kappa shape index (κ1) is 15.8. The molecule has 1 aromatic heterocycles. The number of halogens is 1. The Hall–Kier alpha value is -0.580. The molecule has 20 heavy (non-hydrogen) atoms. The molecule has 0 fully saturated rings. The number of sulfonamides is 1. The predicted octanol–water partition coefficient (Wildman–Crippen LogP) is 1.85. The molecule has 0 saturated heterocycles. The molecule has 0 spiro atoms. The second kappa shape index (κ2) is 6.46. The van der Waals surface area contributed by atoms with Gasteiger partial charge in [0, 0.05) is 5.75 Å². The number of nitrogens with zero attached hydrogens (tertiary/aromatic N) is 1. The highest BCUT2D eigenvalue weighted by molar-refractivity contribution is 9.11. The number of hydrogen-bond acceptors (Lipinski definition) is 7. The minimum atomic E-state index is -3.79. The van der Waals surface area contributed by atoms with Gasteiger partial charge in [-0.15, -0.1) is 23.1 Å². The molecular weight excluding hydrogens is 388 g/mol. The standard InChI is InChI=1S/C10H11BrN2O4S3/c1-6-8(18-3-2-17-6)10(14)13-20(15,16)4-7-9(11)19-5-12-7/h5H,2-4H2,1H3,(H,13,14). The molecule has 0 radical (unpaired) electrons. The summed E-state index contributed by atoms with van der Waals surface area (Å²) in [4.78, 5) is 16.2. The number of rotatable bonds is 4. The molecule has 0 aliphatic carbocycles. The van der Waals surface area contributed by atoms with E-state index in [1.165, 1.54) is 28.6 Å². The number of carbonyl (C=O) groups excluding carboxylic acids is 1.